The van der Waals surface area contributed by atoms with Gasteiger partial charge in [-0.3, -0.25) is 4.79 Å². The van der Waals surface area contributed by atoms with Crippen LogP contribution in [0, 0.1) is 3.70 Å². The van der Waals surface area contributed by atoms with E-state index in [0.717, 1.165) is 0 Å². The van der Waals surface area contributed by atoms with Gasteiger partial charge in [0.15, 0.2) is 0 Å². The summed E-state index contributed by atoms with van der Waals surface area (Å²) in [7, 11) is 0. The quantitative estimate of drug-likeness (QED) is 0.734. The summed E-state index contributed by atoms with van der Waals surface area (Å²) < 4.78 is 35.8. The van der Waals surface area contributed by atoms with Crippen LogP contribution in [0.1, 0.15) is 5.56 Å². The molecule has 3 nitrogen and oxygen atoms in total. The molecule has 66 valence electrons. The number of alkyl halides is 3. The van der Waals surface area contributed by atoms with Crippen molar-refractivity contribution in [3.05, 3.63) is 25.7 Å². The molecule has 1 rings (SSSR count). The van der Waals surface area contributed by atoms with Gasteiger partial charge in [0.05, 0.1) is 5.56 Å². The van der Waals surface area contributed by atoms with Crippen LogP contribution in [0.3, 0.4) is 0 Å². The van der Waals surface area contributed by atoms with Gasteiger partial charge in [-0.25, -0.2) is 5.10 Å². The molecule has 0 saturated heterocycles. The molecule has 0 radical (unpaired) electrons. The fourth-order valence-electron chi connectivity index (χ4n) is 0.586. The van der Waals surface area contributed by atoms with Gasteiger partial charge in [-0.1, -0.05) is 0 Å². The van der Waals surface area contributed by atoms with Gasteiger partial charge in [0.1, 0.15) is 3.70 Å². The van der Waals surface area contributed by atoms with Crippen molar-refractivity contribution >= 4 is 22.6 Å². The Kier molecular flexibility index (Phi) is 2.40. The second-order valence-electron chi connectivity index (χ2n) is 1.93. The van der Waals surface area contributed by atoms with Crippen LogP contribution in [0.5, 0.6) is 0 Å². The minimum absolute atomic E-state index is 0.264. The SMILES string of the molecule is O=c1cc(C(F)(F)F)c(I)n[nH]1. The zero-order chi connectivity index (χ0) is 9.35. The molecule has 0 saturated carbocycles. The molecule has 0 amide bonds. The van der Waals surface area contributed by atoms with Gasteiger partial charge < -0.3 is 0 Å². The molecule has 0 aromatic carbocycles. The van der Waals surface area contributed by atoms with Crippen molar-refractivity contribution < 1.29 is 13.2 Å². The fraction of sp³-hybridized carbons (Fsp3) is 0.200. The van der Waals surface area contributed by atoms with E-state index < -0.39 is 17.3 Å². The summed E-state index contributed by atoms with van der Waals surface area (Å²) in [6.45, 7) is 0. The molecule has 7 heteroatoms. The van der Waals surface area contributed by atoms with Gasteiger partial charge in [0.2, 0.25) is 0 Å². The molecule has 0 unspecified atom stereocenters. The third-order valence-corrected chi connectivity index (χ3v) is 1.89. The van der Waals surface area contributed by atoms with E-state index in [-0.39, 0.29) is 3.70 Å². The predicted molar refractivity (Wildman–Crippen MR) is 42.6 cm³/mol. The number of aromatic nitrogens is 2. The minimum atomic E-state index is -4.52. The van der Waals surface area contributed by atoms with E-state index in [2.05, 4.69) is 5.10 Å². The Balaban J connectivity index is 3.33. The Morgan fingerprint density at radius 1 is 1.50 bits per heavy atom. The van der Waals surface area contributed by atoms with Gasteiger partial charge in [0.25, 0.3) is 5.56 Å². The lowest BCUT2D eigenvalue weighted by Gasteiger charge is -2.05. The number of halogens is 4. The summed E-state index contributed by atoms with van der Waals surface area (Å²) in [5.74, 6) is 0. The molecule has 0 fully saturated rings. The summed E-state index contributed by atoms with van der Waals surface area (Å²) in [5, 5.41) is 5.07. The first-order valence-electron chi connectivity index (χ1n) is 2.73. The van der Waals surface area contributed by atoms with E-state index >= 15 is 0 Å². The highest BCUT2D eigenvalue weighted by atomic mass is 127. The lowest BCUT2D eigenvalue weighted by molar-refractivity contribution is -0.138. The van der Waals surface area contributed by atoms with Gasteiger partial charge in [-0.15, -0.1) is 0 Å². The highest BCUT2D eigenvalue weighted by Crippen LogP contribution is 2.30. The third kappa shape index (κ3) is 1.96. The van der Waals surface area contributed by atoms with Crippen molar-refractivity contribution in [2.24, 2.45) is 0 Å². The lowest BCUT2D eigenvalue weighted by atomic mass is 10.3. The maximum atomic E-state index is 12.0. The molecule has 0 aliphatic carbocycles. The Bertz CT molecular complexity index is 345. The number of nitrogens with zero attached hydrogens (tertiary/aromatic N) is 1. The second kappa shape index (κ2) is 3.04. The topological polar surface area (TPSA) is 45.8 Å². The number of aromatic amines is 1. The Labute approximate surface area is 78.1 Å². The highest BCUT2D eigenvalue weighted by molar-refractivity contribution is 14.1. The van der Waals surface area contributed by atoms with Crippen molar-refractivity contribution in [3.63, 3.8) is 0 Å². The largest absolute Gasteiger partial charge is 0.419 e. The van der Waals surface area contributed by atoms with Crippen LogP contribution in [0.15, 0.2) is 10.9 Å². The van der Waals surface area contributed by atoms with E-state index in [4.69, 9.17) is 0 Å². The average molecular weight is 290 g/mol. The van der Waals surface area contributed by atoms with Crippen molar-refractivity contribution in [2.75, 3.05) is 0 Å². The normalized spacial score (nSPS) is 11.7. The molecular formula is C5H2F3IN2O. The summed E-state index contributed by atoms with van der Waals surface area (Å²) in [6.07, 6.45) is -4.52. The van der Waals surface area contributed by atoms with E-state index in [0.29, 0.717) is 6.07 Å². The van der Waals surface area contributed by atoms with Crippen LogP contribution in [0.25, 0.3) is 0 Å². The molecular weight excluding hydrogens is 288 g/mol. The lowest BCUT2D eigenvalue weighted by Crippen LogP contribution is -2.17. The van der Waals surface area contributed by atoms with Crippen LogP contribution in [-0.4, -0.2) is 10.2 Å². The molecule has 0 aliphatic rings. The first kappa shape index (κ1) is 9.49. The second-order valence-corrected chi connectivity index (χ2v) is 2.96. The number of H-pyrrole nitrogens is 1. The third-order valence-electron chi connectivity index (χ3n) is 1.07. The van der Waals surface area contributed by atoms with Crippen molar-refractivity contribution in [1.29, 1.82) is 0 Å². The maximum Gasteiger partial charge on any atom is 0.419 e. The van der Waals surface area contributed by atoms with E-state index in [9.17, 15) is 18.0 Å². The molecule has 0 spiro atoms. The number of nitrogens with one attached hydrogen (secondary N) is 1. The molecule has 0 atom stereocenters. The Morgan fingerprint density at radius 3 is 2.50 bits per heavy atom. The van der Waals surface area contributed by atoms with E-state index in [1.807, 2.05) is 5.10 Å². The van der Waals surface area contributed by atoms with Crippen LogP contribution < -0.4 is 5.56 Å². The van der Waals surface area contributed by atoms with Crippen molar-refractivity contribution in [1.82, 2.24) is 10.2 Å². The number of hydrogen-bond acceptors (Lipinski definition) is 2. The molecule has 1 N–H and O–H groups in total. The predicted octanol–water partition coefficient (Wildman–Crippen LogP) is 1.39. The Morgan fingerprint density at radius 2 is 2.08 bits per heavy atom. The first-order valence-corrected chi connectivity index (χ1v) is 3.81. The standard InChI is InChI=1S/C5H2F3IN2O/c6-5(7,8)2-1-3(12)10-11-4(2)9/h1H,(H,10,12). The Hall–Kier alpha value is -0.600. The smallest absolute Gasteiger partial charge is 0.268 e. The molecule has 0 aliphatic heterocycles. The van der Waals surface area contributed by atoms with E-state index in [1.54, 1.807) is 0 Å². The number of hydrogen-bond donors (Lipinski definition) is 1. The van der Waals surface area contributed by atoms with E-state index in [1.165, 1.54) is 22.6 Å². The molecule has 0 bridgehead atoms. The van der Waals surface area contributed by atoms with Crippen LogP contribution in [0.2, 0.25) is 0 Å². The van der Waals surface area contributed by atoms with Crippen LogP contribution >= 0.6 is 22.6 Å². The first-order chi connectivity index (χ1) is 5.41. The van der Waals surface area contributed by atoms with Crippen molar-refractivity contribution in [2.45, 2.75) is 6.18 Å². The van der Waals surface area contributed by atoms with Gasteiger partial charge in [-0.05, 0) is 22.6 Å². The summed E-state index contributed by atoms with van der Waals surface area (Å²) in [5.41, 5.74) is -1.87. The van der Waals surface area contributed by atoms with Gasteiger partial charge in [-0.2, -0.15) is 18.3 Å². The molecule has 1 heterocycles. The average Bonchev–Trinajstić information content (AvgIpc) is 1.92. The van der Waals surface area contributed by atoms with Crippen molar-refractivity contribution in [3.8, 4) is 0 Å². The summed E-state index contributed by atoms with van der Waals surface area (Å²) in [6, 6.07) is 0.481. The van der Waals surface area contributed by atoms with Gasteiger partial charge >= 0.3 is 6.18 Å². The fourth-order valence-corrected chi connectivity index (χ4v) is 1.17. The number of rotatable bonds is 0. The summed E-state index contributed by atoms with van der Waals surface area (Å²) >= 11 is 1.40. The summed E-state index contributed by atoms with van der Waals surface area (Å²) in [4.78, 5) is 10.5. The molecule has 1 aromatic heterocycles. The minimum Gasteiger partial charge on any atom is -0.268 e. The monoisotopic (exact) mass is 290 g/mol. The van der Waals surface area contributed by atoms with Crippen LogP contribution in [0.4, 0.5) is 13.2 Å². The zero-order valence-corrected chi connectivity index (χ0v) is 7.60. The zero-order valence-electron chi connectivity index (χ0n) is 5.44. The van der Waals surface area contributed by atoms with Gasteiger partial charge in [0, 0.05) is 6.07 Å². The highest BCUT2D eigenvalue weighted by Gasteiger charge is 2.34. The molecule has 12 heavy (non-hydrogen) atoms. The van der Waals surface area contributed by atoms with Crippen LogP contribution in [-0.2, 0) is 6.18 Å². The maximum absolute atomic E-state index is 12.0. The molecule has 1 aromatic rings.